The van der Waals surface area contributed by atoms with Gasteiger partial charge in [0.25, 0.3) is 5.91 Å². The molecule has 0 fully saturated rings. The molecule has 0 aliphatic carbocycles. The van der Waals surface area contributed by atoms with Crippen molar-refractivity contribution in [2.45, 2.75) is 26.3 Å². The number of benzene rings is 1. The van der Waals surface area contributed by atoms with Crippen molar-refractivity contribution in [3.05, 3.63) is 41.7 Å². The number of amides is 1. The van der Waals surface area contributed by atoms with Crippen LogP contribution in [0.1, 0.15) is 30.0 Å². The molecule has 110 valence electrons. The van der Waals surface area contributed by atoms with E-state index in [9.17, 15) is 9.59 Å². The molecule has 0 saturated carbocycles. The van der Waals surface area contributed by atoms with E-state index in [2.05, 4.69) is 15.6 Å². The van der Waals surface area contributed by atoms with Gasteiger partial charge in [-0.15, -0.1) is 5.10 Å². The van der Waals surface area contributed by atoms with Gasteiger partial charge in [-0.2, -0.15) is 0 Å². The Balaban J connectivity index is 2.29. The van der Waals surface area contributed by atoms with Crippen LogP contribution in [0.2, 0.25) is 0 Å². The lowest BCUT2D eigenvalue weighted by atomic mass is 10.1. The third kappa shape index (κ3) is 2.91. The zero-order valence-corrected chi connectivity index (χ0v) is 12.0. The lowest BCUT2D eigenvalue weighted by molar-refractivity contribution is -0.143. The van der Waals surface area contributed by atoms with Gasteiger partial charge < -0.3 is 10.4 Å². The van der Waals surface area contributed by atoms with Crippen molar-refractivity contribution in [1.29, 1.82) is 0 Å². The molecule has 2 aromatic rings. The number of nitrogens with zero attached hydrogens (tertiary/aromatic N) is 3. The van der Waals surface area contributed by atoms with E-state index in [0.717, 1.165) is 5.69 Å². The second-order valence-electron chi connectivity index (χ2n) is 5.16. The number of aromatic nitrogens is 3. The molecule has 1 aromatic carbocycles. The summed E-state index contributed by atoms with van der Waals surface area (Å²) in [4.78, 5) is 23.2. The molecule has 0 bridgehead atoms. The molecule has 2 N–H and O–H groups in total. The van der Waals surface area contributed by atoms with Crippen LogP contribution < -0.4 is 5.32 Å². The van der Waals surface area contributed by atoms with Gasteiger partial charge in [0.2, 0.25) is 0 Å². The fourth-order valence-electron chi connectivity index (χ4n) is 1.75. The number of carboxylic acids is 1. The summed E-state index contributed by atoms with van der Waals surface area (Å²) in [5, 5.41) is 19.2. The zero-order chi connectivity index (χ0) is 15.6. The van der Waals surface area contributed by atoms with Gasteiger partial charge in [0.1, 0.15) is 5.54 Å². The van der Waals surface area contributed by atoms with Gasteiger partial charge in [0.15, 0.2) is 5.69 Å². The molecule has 1 amide bonds. The highest BCUT2D eigenvalue weighted by Crippen LogP contribution is 2.13. The second-order valence-corrected chi connectivity index (χ2v) is 5.16. The van der Waals surface area contributed by atoms with Crippen LogP contribution >= 0.6 is 0 Å². The number of para-hydroxylation sites is 1. The Hall–Kier alpha value is -2.70. The van der Waals surface area contributed by atoms with Crippen LogP contribution in [0, 0.1) is 6.92 Å². The summed E-state index contributed by atoms with van der Waals surface area (Å²) in [6.45, 7) is 4.52. The molecule has 0 aliphatic heterocycles. The highest BCUT2D eigenvalue weighted by Gasteiger charge is 2.31. The maximum Gasteiger partial charge on any atom is 0.328 e. The number of carbonyl (C=O) groups is 2. The van der Waals surface area contributed by atoms with Gasteiger partial charge >= 0.3 is 5.97 Å². The van der Waals surface area contributed by atoms with Gasteiger partial charge in [-0.1, -0.05) is 23.4 Å². The first kappa shape index (κ1) is 14.7. The van der Waals surface area contributed by atoms with Crippen LogP contribution in [0.25, 0.3) is 5.69 Å². The lowest BCUT2D eigenvalue weighted by Gasteiger charge is -2.20. The third-order valence-electron chi connectivity index (χ3n) is 3.07. The van der Waals surface area contributed by atoms with Crippen molar-refractivity contribution in [2.24, 2.45) is 0 Å². The largest absolute Gasteiger partial charge is 0.480 e. The Morgan fingerprint density at radius 2 is 1.86 bits per heavy atom. The molecule has 0 atom stereocenters. The maximum absolute atomic E-state index is 12.1. The van der Waals surface area contributed by atoms with Crippen LogP contribution in [0.4, 0.5) is 0 Å². The molecule has 21 heavy (non-hydrogen) atoms. The first-order chi connectivity index (χ1) is 9.83. The van der Waals surface area contributed by atoms with E-state index < -0.39 is 17.4 Å². The Bertz CT molecular complexity index is 677. The molecule has 0 unspecified atom stereocenters. The first-order valence-corrected chi connectivity index (χ1v) is 6.36. The predicted octanol–water partition coefficient (Wildman–Crippen LogP) is 1.17. The number of aliphatic carboxylic acids is 1. The molecule has 0 radical (unpaired) electrons. The minimum absolute atomic E-state index is 0.105. The standard InChI is InChI=1S/C14H16N4O3/c1-9-11(12(19)15-14(2,3)13(20)21)16-17-18(9)10-7-5-4-6-8-10/h4-8H,1-3H3,(H,15,19)(H,20,21). The van der Waals surface area contributed by atoms with E-state index in [-0.39, 0.29) is 5.69 Å². The van der Waals surface area contributed by atoms with Gasteiger partial charge in [0.05, 0.1) is 11.4 Å². The summed E-state index contributed by atoms with van der Waals surface area (Å²) in [7, 11) is 0. The zero-order valence-electron chi connectivity index (χ0n) is 12.0. The third-order valence-corrected chi connectivity index (χ3v) is 3.07. The summed E-state index contributed by atoms with van der Waals surface area (Å²) in [6, 6.07) is 9.25. The summed E-state index contributed by atoms with van der Waals surface area (Å²) >= 11 is 0. The number of nitrogens with one attached hydrogen (secondary N) is 1. The van der Waals surface area contributed by atoms with Crippen LogP contribution in [-0.4, -0.2) is 37.5 Å². The van der Waals surface area contributed by atoms with E-state index in [0.29, 0.717) is 5.69 Å². The average molecular weight is 288 g/mol. The summed E-state index contributed by atoms with van der Waals surface area (Å²) in [5.41, 5.74) is 0.0483. The molecule has 1 aromatic heterocycles. The molecule has 2 rings (SSSR count). The minimum Gasteiger partial charge on any atom is -0.480 e. The number of hydrogen-bond acceptors (Lipinski definition) is 4. The maximum atomic E-state index is 12.1. The number of rotatable bonds is 4. The fourth-order valence-corrected chi connectivity index (χ4v) is 1.75. The summed E-state index contributed by atoms with van der Waals surface area (Å²) in [5.74, 6) is -1.69. The SMILES string of the molecule is Cc1c(C(=O)NC(C)(C)C(=O)O)nnn1-c1ccccc1. The second kappa shape index (κ2) is 5.35. The predicted molar refractivity (Wildman–Crippen MR) is 75.3 cm³/mol. The quantitative estimate of drug-likeness (QED) is 0.880. The smallest absolute Gasteiger partial charge is 0.328 e. The topological polar surface area (TPSA) is 97.1 Å². The molecule has 7 nitrogen and oxygen atoms in total. The van der Waals surface area contributed by atoms with Crippen LogP contribution in [-0.2, 0) is 4.79 Å². The van der Waals surface area contributed by atoms with Crippen LogP contribution in [0.15, 0.2) is 30.3 Å². The monoisotopic (exact) mass is 288 g/mol. The Morgan fingerprint density at radius 3 is 2.43 bits per heavy atom. The van der Waals surface area contributed by atoms with E-state index in [1.807, 2.05) is 30.3 Å². The number of carbonyl (C=O) groups excluding carboxylic acids is 1. The molecule has 0 aliphatic rings. The van der Waals surface area contributed by atoms with Crippen molar-refractivity contribution in [3.63, 3.8) is 0 Å². The molecule has 7 heteroatoms. The van der Waals surface area contributed by atoms with Gasteiger partial charge in [-0.25, -0.2) is 9.48 Å². The van der Waals surface area contributed by atoms with Crippen molar-refractivity contribution in [1.82, 2.24) is 20.3 Å². The highest BCUT2D eigenvalue weighted by molar-refractivity contribution is 5.96. The average Bonchev–Trinajstić information content (AvgIpc) is 2.81. The first-order valence-electron chi connectivity index (χ1n) is 6.36. The van der Waals surface area contributed by atoms with E-state index >= 15 is 0 Å². The van der Waals surface area contributed by atoms with Crippen LogP contribution in [0.3, 0.4) is 0 Å². The minimum atomic E-state index is -1.37. The van der Waals surface area contributed by atoms with E-state index in [1.54, 1.807) is 6.92 Å². The summed E-state index contributed by atoms with van der Waals surface area (Å²) < 4.78 is 1.53. The number of hydrogen-bond donors (Lipinski definition) is 2. The number of carboxylic acid groups (broad SMARTS) is 1. The van der Waals surface area contributed by atoms with E-state index in [4.69, 9.17) is 5.11 Å². The van der Waals surface area contributed by atoms with Crippen molar-refractivity contribution < 1.29 is 14.7 Å². The van der Waals surface area contributed by atoms with E-state index in [1.165, 1.54) is 18.5 Å². The van der Waals surface area contributed by atoms with Crippen LogP contribution in [0.5, 0.6) is 0 Å². The lowest BCUT2D eigenvalue weighted by Crippen LogP contribution is -2.49. The molecule has 0 spiro atoms. The molecule has 0 saturated heterocycles. The van der Waals surface area contributed by atoms with Gasteiger partial charge in [0, 0.05) is 0 Å². The van der Waals surface area contributed by atoms with Gasteiger partial charge in [-0.05, 0) is 32.9 Å². The van der Waals surface area contributed by atoms with Gasteiger partial charge in [-0.3, -0.25) is 4.79 Å². The Labute approximate surface area is 121 Å². The molecule has 1 heterocycles. The summed E-state index contributed by atoms with van der Waals surface area (Å²) in [6.07, 6.45) is 0. The molecular formula is C14H16N4O3. The van der Waals surface area contributed by atoms with Crippen molar-refractivity contribution in [2.75, 3.05) is 0 Å². The highest BCUT2D eigenvalue weighted by atomic mass is 16.4. The van der Waals surface area contributed by atoms with Crippen molar-refractivity contribution in [3.8, 4) is 5.69 Å². The Morgan fingerprint density at radius 1 is 1.24 bits per heavy atom. The Kier molecular flexibility index (Phi) is 3.75. The normalized spacial score (nSPS) is 11.2. The van der Waals surface area contributed by atoms with Crippen molar-refractivity contribution >= 4 is 11.9 Å². The fraction of sp³-hybridized carbons (Fsp3) is 0.286. The molecular weight excluding hydrogens is 272 g/mol.